The van der Waals surface area contributed by atoms with Crippen molar-refractivity contribution in [2.24, 2.45) is 5.41 Å². The van der Waals surface area contributed by atoms with Crippen LogP contribution in [0.15, 0.2) is 65.7 Å². The Hall–Kier alpha value is -3.34. The number of nitrogens with zero attached hydrogens (tertiary/aromatic N) is 4. The van der Waals surface area contributed by atoms with Crippen LogP contribution in [0.4, 0.5) is 17.3 Å². The fourth-order valence-corrected chi connectivity index (χ4v) is 5.43. The fourth-order valence-electron chi connectivity index (χ4n) is 4.01. The number of hydrogen-bond donors (Lipinski definition) is 2. The predicted octanol–water partition coefficient (Wildman–Crippen LogP) is 4.20. The number of sulfonamides is 1. The minimum atomic E-state index is -3.52. The van der Waals surface area contributed by atoms with Crippen LogP contribution in [0.5, 0.6) is 0 Å². The molecule has 9 nitrogen and oxygen atoms in total. The first kappa shape index (κ1) is 26.7. The molecule has 0 radical (unpaired) electrons. The highest BCUT2D eigenvalue weighted by molar-refractivity contribution is 7.89. The van der Waals surface area contributed by atoms with E-state index in [-0.39, 0.29) is 16.2 Å². The zero-order chi connectivity index (χ0) is 26.6. The van der Waals surface area contributed by atoms with Gasteiger partial charge in [-0.25, -0.2) is 18.4 Å². The van der Waals surface area contributed by atoms with Crippen LogP contribution in [0.2, 0.25) is 0 Å². The van der Waals surface area contributed by atoms with Crippen molar-refractivity contribution in [3.63, 3.8) is 0 Å². The topological polar surface area (TPSA) is 108 Å². The first-order valence-corrected chi connectivity index (χ1v) is 13.7. The molecule has 2 heterocycles. The third-order valence-electron chi connectivity index (χ3n) is 6.02. The number of rotatable bonds is 7. The van der Waals surface area contributed by atoms with Gasteiger partial charge in [0.2, 0.25) is 21.9 Å². The number of hydrogen-bond acceptors (Lipinski definition) is 7. The highest BCUT2D eigenvalue weighted by Crippen LogP contribution is 2.24. The summed E-state index contributed by atoms with van der Waals surface area (Å²) in [5, 5.41) is 6.07. The van der Waals surface area contributed by atoms with Crippen molar-refractivity contribution in [3.05, 3.63) is 60.8 Å². The molecular weight excluding hydrogens is 488 g/mol. The molecule has 1 amide bonds. The number of anilines is 3. The monoisotopic (exact) mass is 522 g/mol. The average Bonchev–Trinajstić information content (AvgIpc) is 2.84. The SMILES string of the molecule is CN1CCN(S(=O)(=O)c2ccc(Nc3nccc(-c4ccc(NC(=O)CC(C)(C)C)cc4)n3)cc2)CC1. The summed E-state index contributed by atoms with van der Waals surface area (Å²) in [6, 6.07) is 16.0. The molecule has 0 spiro atoms. The molecule has 0 bridgehead atoms. The molecule has 1 fully saturated rings. The van der Waals surface area contributed by atoms with E-state index in [0.29, 0.717) is 31.1 Å². The highest BCUT2D eigenvalue weighted by Gasteiger charge is 2.27. The van der Waals surface area contributed by atoms with Crippen molar-refractivity contribution in [1.29, 1.82) is 0 Å². The number of carbonyl (C=O) groups excluding carboxylic acids is 1. The summed E-state index contributed by atoms with van der Waals surface area (Å²) in [5.41, 5.74) is 2.95. The van der Waals surface area contributed by atoms with Gasteiger partial charge in [0.05, 0.1) is 10.6 Å². The number of benzene rings is 2. The quantitative estimate of drug-likeness (QED) is 0.479. The van der Waals surface area contributed by atoms with Gasteiger partial charge in [0.15, 0.2) is 0 Å². The molecule has 10 heteroatoms. The average molecular weight is 523 g/mol. The van der Waals surface area contributed by atoms with Crippen LogP contribution >= 0.6 is 0 Å². The van der Waals surface area contributed by atoms with E-state index in [9.17, 15) is 13.2 Å². The van der Waals surface area contributed by atoms with E-state index in [2.05, 4.69) is 25.5 Å². The van der Waals surface area contributed by atoms with Crippen molar-refractivity contribution in [3.8, 4) is 11.3 Å². The maximum absolute atomic E-state index is 12.9. The van der Waals surface area contributed by atoms with Crippen LogP contribution in [-0.4, -0.2) is 66.7 Å². The lowest BCUT2D eigenvalue weighted by Gasteiger charge is -2.31. The van der Waals surface area contributed by atoms with Crippen LogP contribution in [0.1, 0.15) is 27.2 Å². The number of likely N-dealkylation sites (N-methyl/N-ethyl adjacent to an activating group) is 1. The van der Waals surface area contributed by atoms with Crippen molar-refractivity contribution in [1.82, 2.24) is 19.2 Å². The van der Waals surface area contributed by atoms with Crippen LogP contribution in [0.3, 0.4) is 0 Å². The van der Waals surface area contributed by atoms with Gasteiger partial charge in [-0.2, -0.15) is 4.31 Å². The second-order valence-corrected chi connectivity index (χ2v) is 12.4. The Morgan fingerprint density at radius 1 is 0.919 bits per heavy atom. The number of amides is 1. The molecule has 1 saturated heterocycles. The molecule has 3 aromatic rings. The zero-order valence-electron chi connectivity index (χ0n) is 21.7. The smallest absolute Gasteiger partial charge is 0.243 e. The van der Waals surface area contributed by atoms with E-state index in [4.69, 9.17) is 0 Å². The van der Waals surface area contributed by atoms with Gasteiger partial charge in [0, 0.05) is 55.7 Å². The lowest BCUT2D eigenvalue weighted by molar-refractivity contribution is -0.117. The molecule has 1 aliphatic heterocycles. The molecule has 0 unspecified atom stereocenters. The van der Waals surface area contributed by atoms with E-state index in [0.717, 1.165) is 30.0 Å². The molecule has 2 aromatic carbocycles. The minimum Gasteiger partial charge on any atom is -0.326 e. The van der Waals surface area contributed by atoms with E-state index < -0.39 is 10.0 Å². The van der Waals surface area contributed by atoms with E-state index in [1.54, 1.807) is 30.5 Å². The van der Waals surface area contributed by atoms with Crippen molar-refractivity contribution in [2.75, 3.05) is 43.9 Å². The number of piperazine rings is 1. The van der Waals surface area contributed by atoms with Gasteiger partial charge in [0.1, 0.15) is 0 Å². The molecule has 37 heavy (non-hydrogen) atoms. The van der Waals surface area contributed by atoms with E-state index in [1.807, 2.05) is 58.2 Å². The summed E-state index contributed by atoms with van der Waals surface area (Å²) in [6.07, 6.45) is 2.11. The van der Waals surface area contributed by atoms with Gasteiger partial charge in [-0.15, -0.1) is 0 Å². The van der Waals surface area contributed by atoms with E-state index >= 15 is 0 Å². The summed E-state index contributed by atoms with van der Waals surface area (Å²) < 4.78 is 27.4. The number of carbonyl (C=O) groups is 1. The fraction of sp³-hybridized carbons (Fsp3) is 0.370. The normalized spacial score (nSPS) is 15.4. The summed E-state index contributed by atoms with van der Waals surface area (Å²) in [5.74, 6) is 0.380. The lowest BCUT2D eigenvalue weighted by Crippen LogP contribution is -2.46. The first-order chi connectivity index (χ1) is 17.5. The third-order valence-corrected chi connectivity index (χ3v) is 7.93. The molecule has 4 rings (SSSR count). The summed E-state index contributed by atoms with van der Waals surface area (Å²) in [7, 11) is -1.53. The molecule has 1 aromatic heterocycles. The Morgan fingerprint density at radius 2 is 1.54 bits per heavy atom. The van der Waals surface area contributed by atoms with Gasteiger partial charge < -0.3 is 15.5 Å². The third kappa shape index (κ3) is 7.12. The molecule has 0 saturated carbocycles. The van der Waals surface area contributed by atoms with Crippen LogP contribution in [0, 0.1) is 5.41 Å². The van der Waals surface area contributed by atoms with E-state index in [1.165, 1.54) is 4.31 Å². The molecule has 2 N–H and O–H groups in total. The number of nitrogens with one attached hydrogen (secondary N) is 2. The molecule has 196 valence electrons. The zero-order valence-corrected chi connectivity index (χ0v) is 22.5. The Balaban J connectivity index is 1.41. The van der Waals surface area contributed by atoms with Crippen molar-refractivity contribution in [2.45, 2.75) is 32.1 Å². The minimum absolute atomic E-state index is 0.0175. The van der Waals surface area contributed by atoms with Gasteiger partial charge >= 0.3 is 0 Å². The first-order valence-electron chi connectivity index (χ1n) is 12.3. The maximum atomic E-state index is 12.9. The molecule has 0 aliphatic carbocycles. The Morgan fingerprint density at radius 3 is 2.16 bits per heavy atom. The Kier molecular flexibility index (Phi) is 7.91. The van der Waals surface area contributed by atoms with Crippen molar-refractivity contribution < 1.29 is 13.2 Å². The summed E-state index contributed by atoms with van der Waals surface area (Å²) in [6.45, 7) is 8.51. The summed E-state index contributed by atoms with van der Waals surface area (Å²) in [4.78, 5) is 23.5. The molecule has 0 atom stereocenters. The second kappa shape index (κ2) is 11.0. The lowest BCUT2D eigenvalue weighted by atomic mass is 9.92. The Labute approximate surface area is 219 Å². The van der Waals surface area contributed by atoms with Gasteiger partial charge in [-0.1, -0.05) is 32.9 Å². The molecular formula is C27H34N6O3S. The Bertz CT molecular complexity index is 1330. The van der Waals surface area contributed by atoms with Crippen LogP contribution in [-0.2, 0) is 14.8 Å². The maximum Gasteiger partial charge on any atom is 0.243 e. The highest BCUT2D eigenvalue weighted by atomic mass is 32.2. The van der Waals surface area contributed by atoms with Crippen LogP contribution in [0.25, 0.3) is 11.3 Å². The largest absolute Gasteiger partial charge is 0.326 e. The standard InChI is InChI=1S/C27H34N6O3S/c1-27(2,3)19-25(34)29-21-7-5-20(6-8-21)24-13-14-28-26(31-24)30-22-9-11-23(12-10-22)37(35,36)33-17-15-32(4)16-18-33/h5-14H,15-19H2,1-4H3,(H,29,34)(H,28,30,31). The predicted molar refractivity (Wildman–Crippen MR) is 146 cm³/mol. The van der Waals surface area contributed by atoms with Gasteiger partial charge in [-0.05, 0) is 54.9 Å². The van der Waals surface area contributed by atoms with Crippen molar-refractivity contribution >= 4 is 33.3 Å². The number of aromatic nitrogens is 2. The summed E-state index contributed by atoms with van der Waals surface area (Å²) >= 11 is 0. The molecule has 1 aliphatic rings. The second-order valence-electron chi connectivity index (χ2n) is 10.5. The van der Waals surface area contributed by atoms with Gasteiger partial charge in [0.25, 0.3) is 0 Å². The van der Waals surface area contributed by atoms with Gasteiger partial charge in [-0.3, -0.25) is 4.79 Å². The van der Waals surface area contributed by atoms with Crippen LogP contribution < -0.4 is 10.6 Å².